The molecular weight excluding hydrogens is 462 g/mol. The molecule has 0 spiro atoms. The summed E-state index contributed by atoms with van der Waals surface area (Å²) in [4.78, 5) is 17.0. The molecule has 5 nitrogen and oxygen atoms in total. The van der Waals surface area contributed by atoms with E-state index >= 15 is 0 Å². The molecule has 11 heteroatoms. The van der Waals surface area contributed by atoms with E-state index in [1.165, 1.54) is 4.68 Å². The van der Waals surface area contributed by atoms with Crippen molar-refractivity contribution in [1.82, 2.24) is 20.1 Å². The lowest BCUT2D eigenvalue weighted by Crippen LogP contribution is -2.32. The summed E-state index contributed by atoms with van der Waals surface area (Å²) in [7, 11) is 1.60. The normalized spacial score (nSPS) is 13.1. The summed E-state index contributed by atoms with van der Waals surface area (Å²) in [5.41, 5.74) is -2.08. The van der Waals surface area contributed by atoms with Gasteiger partial charge in [-0.15, -0.1) is 0 Å². The average molecular weight is 478 g/mol. The zero-order valence-electron chi connectivity index (χ0n) is 17.4. The Balaban J connectivity index is 1.81. The van der Waals surface area contributed by atoms with Crippen molar-refractivity contribution in [3.63, 3.8) is 0 Å². The molecule has 2 aromatic heterocycles. The molecule has 0 bridgehead atoms. The van der Waals surface area contributed by atoms with Gasteiger partial charge in [0.1, 0.15) is 0 Å². The number of alkyl halides is 6. The fourth-order valence-corrected chi connectivity index (χ4v) is 3.64. The maximum Gasteiger partial charge on any atom is 0.418 e. The number of halogens is 6. The van der Waals surface area contributed by atoms with E-state index in [1.807, 2.05) is 0 Å². The summed E-state index contributed by atoms with van der Waals surface area (Å²) in [6.45, 7) is 0. The van der Waals surface area contributed by atoms with Crippen molar-refractivity contribution in [2.45, 2.75) is 18.4 Å². The number of amides is 1. The summed E-state index contributed by atoms with van der Waals surface area (Å²) < 4.78 is 81.6. The second kappa shape index (κ2) is 8.47. The quantitative estimate of drug-likeness (QED) is 0.393. The number of hydrogen-bond acceptors (Lipinski definition) is 3. The van der Waals surface area contributed by atoms with E-state index in [-0.39, 0.29) is 11.3 Å². The molecule has 0 aliphatic heterocycles. The molecule has 1 unspecified atom stereocenters. The summed E-state index contributed by atoms with van der Waals surface area (Å²) in [6.07, 6.45) is -8.33. The van der Waals surface area contributed by atoms with Crippen molar-refractivity contribution >= 4 is 16.8 Å². The number of para-hydroxylation sites is 1. The highest BCUT2D eigenvalue weighted by molar-refractivity contribution is 6.05. The standard InChI is InChI=1S/C23H16F6N4O/c1-33-17-7-3-2-5-15(17)19(32-33)21(34)31-18(13-8-10-14(11-9-13)22(24,25)26)20-16(23(27,28)29)6-4-12-30-20/h2-12,18H,1H3,(H,31,34). The molecule has 0 aliphatic carbocycles. The number of pyridine rings is 1. The van der Waals surface area contributed by atoms with E-state index in [2.05, 4.69) is 15.4 Å². The number of fused-ring (bicyclic) bond motifs is 1. The number of rotatable bonds is 4. The fraction of sp³-hybridized carbons (Fsp3) is 0.174. The monoisotopic (exact) mass is 478 g/mol. The number of carbonyl (C=O) groups is 1. The Morgan fingerprint density at radius 3 is 2.24 bits per heavy atom. The van der Waals surface area contributed by atoms with E-state index in [4.69, 9.17) is 0 Å². The largest absolute Gasteiger partial charge is 0.418 e. The minimum absolute atomic E-state index is 0.00853. The van der Waals surface area contributed by atoms with Gasteiger partial charge in [0.15, 0.2) is 5.69 Å². The fourth-order valence-electron chi connectivity index (χ4n) is 3.64. The second-order valence-corrected chi connectivity index (χ2v) is 7.45. The van der Waals surface area contributed by atoms with E-state index in [0.29, 0.717) is 10.9 Å². The predicted octanol–water partition coefficient (Wildman–Crippen LogP) is 5.53. The van der Waals surface area contributed by atoms with Gasteiger partial charge in [0.25, 0.3) is 5.91 Å². The molecule has 2 aromatic carbocycles. The Bertz CT molecular complexity index is 1340. The highest BCUT2D eigenvalue weighted by Crippen LogP contribution is 2.36. The van der Waals surface area contributed by atoms with Crippen LogP contribution >= 0.6 is 0 Å². The third-order valence-electron chi connectivity index (χ3n) is 5.24. The third-order valence-corrected chi connectivity index (χ3v) is 5.24. The number of aryl methyl sites for hydroxylation is 1. The van der Waals surface area contributed by atoms with Crippen molar-refractivity contribution in [2.75, 3.05) is 0 Å². The number of nitrogens with one attached hydrogen (secondary N) is 1. The number of aromatic nitrogens is 3. The first-order chi connectivity index (χ1) is 16.0. The minimum atomic E-state index is -4.81. The van der Waals surface area contributed by atoms with Crippen LogP contribution in [0, 0.1) is 0 Å². The van der Waals surface area contributed by atoms with Gasteiger partial charge >= 0.3 is 12.4 Å². The second-order valence-electron chi connectivity index (χ2n) is 7.45. The van der Waals surface area contributed by atoms with E-state index < -0.39 is 41.1 Å². The Kier molecular flexibility index (Phi) is 5.80. The summed E-state index contributed by atoms with van der Waals surface area (Å²) in [6, 6.07) is 10.6. The molecule has 1 N–H and O–H groups in total. The van der Waals surface area contributed by atoms with Gasteiger partial charge in [-0.05, 0) is 35.9 Å². The minimum Gasteiger partial charge on any atom is -0.338 e. The highest BCUT2D eigenvalue weighted by Gasteiger charge is 2.37. The lowest BCUT2D eigenvalue weighted by molar-refractivity contribution is -0.139. The third kappa shape index (κ3) is 4.45. The molecule has 0 saturated heterocycles. The summed E-state index contributed by atoms with van der Waals surface area (Å²) in [5.74, 6) is -0.805. The molecule has 0 radical (unpaired) electrons. The van der Waals surface area contributed by atoms with Crippen molar-refractivity contribution in [3.05, 3.63) is 94.9 Å². The number of carbonyl (C=O) groups excluding carboxylic acids is 1. The Labute approximate surface area is 189 Å². The first-order valence-corrected chi connectivity index (χ1v) is 9.88. The first-order valence-electron chi connectivity index (χ1n) is 9.88. The van der Waals surface area contributed by atoms with Crippen LogP contribution in [-0.4, -0.2) is 20.7 Å². The van der Waals surface area contributed by atoms with Gasteiger partial charge in [-0.2, -0.15) is 31.4 Å². The number of benzene rings is 2. The molecule has 1 amide bonds. The molecule has 1 atom stereocenters. The molecule has 4 aromatic rings. The zero-order valence-corrected chi connectivity index (χ0v) is 17.4. The van der Waals surface area contributed by atoms with E-state index in [1.54, 1.807) is 31.3 Å². The Hall–Kier alpha value is -3.89. The molecule has 34 heavy (non-hydrogen) atoms. The number of hydrogen-bond donors (Lipinski definition) is 1. The molecule has 0 fully saturated rings. The van der Waals surface area contributed by atoms with Gasteiger partial charge < -0.3 is 5.32 Å². The first kappa shape index (κ1) is 23.3. The van der Waals surface area contributed by atoms with Crippen LogP contribution in [0.4, 0.5) is 26.3 Å². The van der Waals surface area contributed by atoms with Gasteiger partial charge in [0.05, 0.1) is 28.4 Å². The van der Waals surface area contributed by atoms with Crippen LogP contribution in [0.3, 0.4) is 0 Å². The lowest BCUT2D eigenvalue weighted by atomic mass is 9.97. The van der Waals surface area contributed by atoms with Crippen LogP contribution in [0.1, 0.15) is 38.9 Å². The molecule has 0 aliphatic rings. The summed E-state index contributed by atoms with van der Waals surface area (Å²) in [5, 5.41) is 7.11. The van der Waals surface area contributed by atoms with Crippen molar-refractivity contribution in [1.29, 1.82) is 0 Å². The lowest BCUT2D eigenvalue weighted by Gasteiger charge is -2.22. The van der Waals surface area contributed by atoms with Gasteiger partial charge in [-0.25, -0.2) is 0 Å². The van der Waals surface area contributed by atoms with Crippen molar-refractivity contribution < 1.29 is 31.1 Å². The van der Waals surface area contributed by atoms with Gasteiger partial charge in [-0.1, -0.05) is 30.3 Å². The van der Waals surface area contributed by atoms with Crippen LogP contribution in [0.2, 0.25) is 0 Å². The SMILES string of the molecule is Cn1nc(C(=O)NC(c2ccc(C(F)(F)F)cc2)c2ncccc2C(F)(F)F)c2ccccc21. The Morgan fingerprint density at radius 1 is 0.912 bits per heavy atom. The van der Waals surface area contributed by atoms with Gasteiger partial charge in [0.2, 0.25) is 0 Å². The average Bonchev–Trinajstić information content (AvgIpc) is 3.13. The molecule has 176 valence electrons. The van der Waals surface area contributed by atoms with Gasteiger partial charge in [0, 0.05) is 18.6 Å². The highest BCUT2D eigenvalue weighted by atomic mass is 19.4. The molecule has 0 saturated carbocycles. The molecule has 4 rings (SSSR count). The smallest absolute Gasteiger partial charge is 0.338 e. The molecule has 2 heterocycles. The van der Waals surface area contributed by atoms with E-state index in [9.17, 15) is 31.1 Å². The summed E-state index contributed by atoms with van der Waals surface area (Å²) >= 11 is 0. The number of nitrogens with zero attached hydrogens (tertiary/aromatic N) is 3. The molecular formula is C23H16F6N4O. The predicted molar refractivity (Wildman–Crippen MR) is 111 cm³/mol. The Morgan fingerprint density at radius 2 is 1.59 bits per heavy atom. The van der Waals surface area contributed by atoms with E-state index in [0.717, 1.165) is 42.6 Å². The van der Waals surface area contributed by atoms with Crippen molar-refractivity contribution in [3.8, 4) is 0 Å². The van der Waals surface area contributed by atoms with Crippen LogP contribution in [-0.2, 0) is 19.4 Å². The van der Waals surface area contributed by atoms with Crippen LogP contribution in [0.25, 0.3) is 10.9 Å². The maximum absolute atomic E-state index is 13.7. The maximum atomic E-state index is 13.7. The van der Waals surface area contributed by atoms with Crippen LogP contribution < -0.4 is 5.32 Å². The van der Waals surface area contributed by atoms with Crippen LogP contribution in [0.5, 0.6) is 0 Å². The van der Waals surface area contributed by atoms with Crippen LogP contribution in [0.15, 0.2) is 66.9 Å². The van der Waals surface area contributed by atoms with Gasteiger partial charge in [-0.3, -0.25) is 14.5 Å². The zero-order chi connectivity index (χ0) is 24.7. The topological polar surface area (TPSA) is 59.8 Å². The van der Waals surface area contributed by atoms with Crippen molar-refractivity contribution in [2.24, 2.45) is 7.05 Å².